The zero-order valence-corrected chi connectivity index (χ0v) is 12.1. The molecule has 0 unspecified atom stereocenters. The Morgan fingerprint density at radius 2 is 1.88 bits per heavy atom. The molecule has 0 radical (unpaired) electrons. The Kier molecular flexibility index (Phi) is 4.54. The van der Waals surface area contributed by atoms with Gasteiger partial charge in [-0.2, -0.15) is 0 Å². The van der Waals surface area contributed by atoms with Gasteiger partial charge < -0.3 is 5.73 Å². The van der Waals surface area contributed by atoms with E-state index >= 15 is 0 Å². The van der Waals surface area contributed by atoms with Crippen molar-refractivity contribution in [2.45, 2.75) is 19.4 Å². The molecule has 1 fully saturated rings. The van der Waals surface area contributed by atoms with Crippen molar-refractivity contribution >= 4 is 33.1 Å². The number of nitrogens with two attached hydrogens (primary N) is 1. The van der Waals surface area contributed by atoms with Crippen molar-refractivity contribution in [1.82, 2.24) is 4.90 Å². The van der Waals surface area contributed by atoms with E-state index < -0.39 is 0 Å². The molecule has 0 aliphatic carbocycles. The van der Waals surface area contributed by atoms with Crippen LogP contribution >= 0.6 is 28.1 Å². The molecule has 2 nitrogen and oxygen atoms in total. The molecule has 0 bridgehead atoms. The minimum absolute atomic E-state index is 0.450. The van der Waals surface area contributed by atoms with Crippen molar-refractivity contribution in [3.8, 4) is 0 Å². The smallest absolute Gasteiger partial charge is 0.0759 e. The average Bonchev–Trinajstić information content (AvgIpc) is 2.33. The van der Waals surface area contributed by atoms with Crippen LogP contribution in [-0.2, 0) is 6.54 Å². The Bertz CT molecular complexity index is 383. The van der Waals surface area contributed by atoms with E-state index in [1.165, 1.54) is 5.56 Å². The van der Waals surface area contributed by atoms with E-state index in [2.05, 4.69) is 45.1 Å². The molecular weight excluding hydrogens is 296 g/mol. The van der Waals surface area contributed by atoms with Gasteiger partial charge in [-0.15, -0.1) is 0 Å². The zero-order chi connectivity index (χ0) is 12.3. The maximum atomic E-state index is 5.69. The van der Waals surface area contributed by atoms with E-state index in [0.717, 1.165) is 36.9 Å². The van der Waals surface area contributed by atoms with Crippen LogP contribution in [0.5, 0.6) is 0 Å². The second-order valence-corrected chi connectivity index (χ2v) is 5.97. The number of thiocarbonyl (C=S) groups is 1. The highest BCUT2D eigenvalue weighted by Crippen LogP contribution is 2.20. The lowest BCUT2D eigenvalue weighted by atomic mass is 9.96. The molecule has 1 heterocycles. The Labute approximate surface area is 116 Å². The highest BCUT2D eigenvalue weighted by atomic mass is 79.9. The van der Waals surface area contributed by atoms with E-state index in [0.29, 0.717) is 10.9 Å². The Balaban J connectivity index is 1.85. The summed E-state index contributed by atoms with van der Waals surface area (Å²) < 4.78 is 1.13. The number of nitrogens with zero attached hydrogens (tertiary/aromatic N) is 1. The SMILES string of the molecule is NC(=S)C1CCN(Cc2ccc(Br)cc2)CC1. The van der Waals surface area contributed by atoms with Crippen molar-refractivity contribution in [3.05, 3.63) is 34.3 Å². The fraction of sp³-hybridized carbons (Fsp3) is 0.462. The lowest BCUT2D eigenvalue weighted by Gasteiger charge is -2.31. The zero-order valence-electron chi connectivity index (χ0n) is 9.73. The third-order valence-corrected chi connectivity index (χ3v) is 4.17. The van der Waals surface area contributed by atoms with Crippen LogP contribution < -0.4 is 5.73 Å². The molecular formula is C13H17BrN2S. The number of piperidine rings is 1. The van der Waals surface area contributed by atoms with E-state index in [4.69, 9.17) is 18.0 Å². The molecule has 1 aromatic carbocycles. The quantitative estimate of drug-likeness (QED) is 0.870. The van der Waals surface area contributed by atoms with E-state index in [1.54, 1.807) is 0 Å². The number of hydrogen-bond acceptors (Lipinski definition) is 2. The lowest BCUT2D eigenvalue weighted by Crippen LogP contribution is -2.37. The van der Waals surface area contributed by atoms with Gasteiger partial charge in [0.05, 0.1) is 4.99 Å². The second-order valence-electron chi connectivity index (χ2n) is 4.58. The standard InChI is InChI=1S/C13H17BrN2S/c14-12-3-1-10(2-4-12)9-16-7-5-11(6-8-16)13(15)17/h1-4,11H,5-9H2,(H2,15,17). The molecule has 1 saturated heterocycles. The average molecular weight is 313 g/mol. The van der Waals surface area contributed by atoms with Crippen LogP contribution in [0.15, 0.2) is 28.7 Å². The molecule has 1 aromatic rings. The van der Waals surface area contributed by atoms with Gasteiger partial charge in [-0.25, -0.2) is 0 Å². The van der Waals surface area contributed by atoms with Crippen LogP contribution in [-0.4, -0.2) is 23.0 Å². The number of halogens is 1. The van der Waals surface area contributed by atoms with Gasteiger partial charge in [0, 0.05) is 16.9 Å². The summed E-state index contributed by atoms with van der Waals surface area (Å²) in [5.74, 6) is 0.450. The van der Waals surface area contributed by atoms with Crippen LogP contribution in [0.25, 0.3) is 0 Å². The van der Waals surface area contributed by atoms with Gasteiger partial charge in [0.25, 0.3) is 0 Å². The summed E-state index contributed by atoms with van der Waals surface area (Å²) in [6, 6.07) is 8.53. The highest BCUT2D eigenvalue weighted by molar-refractivity contribution is 9.10. The largest absolute Gasteiger partial charge is 0.393 e. The van der Waals surface area contributed by atoms with Gasteiger partial charge in [0.2, 0.25) is 0 Å². The summed E-state index contributed by atoms with van der Waals surface area (Å²) in [7, 11) is 0. The Morgan fingerprint density at radius 1 is 1.29 bits per heavy atom. The molecule has 0 atom stereocenters. The molecule has 1 aliphatic heterocycles. The first-order valence-corrected chi connectivity index (χ1v) is 7.11. The fourth-order valence-corrected chi connectivity index (χ4v) is 2.72. The minimum Gasteiger partial charge on any atom is -0.393 e. The molecule has 0 amide bonds. The molecule has 0 saturated carbocycles. The molecule has 2 rings (SSSR count). The lowest BCUT2D eigenvalue weighted by molar-refractivity contribution is 0.202. The van der Waals surface area contributed by atoms with E-state index in [1.807, 2.05) is 0 Å². The van der Waals surface area contributed by atoms with Crippen LogP contribution in [0.2, 0.25) is 0 Å². The Morgan fingerprint density at radius 3 is 2.41 bits per heavy atom. The fourth-order valence-electron chi connectivity index (χ4n) is 2.22. The highest BCUT2D eigenvalue weighted by Gasteiger charge is 2.20. The second kappa shape index (κ2) is 5.94. The van der Waals surface area contributed by atoms with Gasteiger partial charge in [-0.05, 0) is 43.6 Å². The minimum atomic E-state index is 0.450. The summed E-state index contributed by atoms with van der Waals surface area (Å²) in [5.41, 5.74) is 7.05. The maximum Gasteiger partial charge on any atom is 0.0759 e. The summed E-state index contributed by atoms with van der Waals surface area (Å²) in [4.78, 5) is 3.16. The molecule has 4 heteroatoms. The normalized spacial score (nSPS) is 18.2. The first-order valence-electron chi connectivity index (χ1n) is 5.91. The number of likely N-dealkylation sites (tertiary alicyclic amines) is 1. The van der Waals surface area contributed by atoms with Gasteiger partial charge >= 0.3 is 0 Å². The topological polar surface area (TPSA) is 29.3 Å². The monoisotopic (exact) mass is 312 g/mol. The molecule has 0 aromatic heterocycles. The van der Waals surface area contributed by atoms with Crippen molar-refractivity contribution in [2.75, 3.05) is 13.1 Å². The molecule has 17 heavy (non-hydrogen) atoms. The number of rotatable bonds is 3. The van der Waals surface area contributed by atoms with Gasteiger partial charge in [-0.1, -0.05) is 40.3 Å². The van der Waals surface area contributed by atoms with Crippen LogP contribution in [0.4, 0.5) is 0 Å². The molecule has 0 spiro atoms. The van der Waals surface area contributed by atoms with Gasteiger partial charge in [0.15, 0.2) is 0 Å². The van der Waals surface area contributed by atoms with Gasteiger partial charge in [0.1, 0.15) is 0 Å². The van der Waals surface area contributed by atoms with Crippen LogP contribution in [0.1, 0.15) is 18.4 Å². The summed E-state index contributed by atoms with van der Waals surface area (Å²) in [6.45, 7) is 3.22. The molecule has 2 N–H and O–H groups in total. The first kappa shape index (κ1) is 13.0. The third-order valence-electron chi connectivity index (χ3n) is 3.31. The first-order chi connectivity index (χ1) is 8.15. The predicted molar refractivity (Wildman–Crippen MR) is 78.9 cm³/mol. The van der Waals surface area contributed by atoms with E-state index in [9.17, 15) is 0 Å². The molecule has 92 valence electrons. The van der Waals surface area contributed by atoms with Crippen molar-refractivity contribution < 1.29 is 0 Å². The third kappa shape index (κ3) is 3.76. The van der Waals surface area contributed by atoms with Crippen molar-refractivity contribution in [1.29, 1.82) is 0 Å². The van der Waals surface area contributed by atoms with Crippen LogP contribution in [0.3, 0.4) is 0 Å². The summed E-state index contributed by atoms with van der Waals surface area (Å²) in [5, 5.41) is 0. The predicted octanol–water partition coefficient (Wildman–Crippen LogP) is 2.95. The van der Waals surface area contributed by atoms with Crippen molar-refractivity contribution in [2.24, 2.45) is 11.7 Å². The molecule has 1 aliphatic rings. The summed E-state index contributed by atoms with van der Waals surface area (Å²) in [6.07, 6.45) is 2.21. The van der Waals surface area contributed by atoms with E-state index in [-0.39, 0.29) is 0 Å². The van der Waals surface area contributed by atoms with Gasteiger partial charge in [-0.3, -0.25) is 4.90 Å². The maximum absolute atomic E-state index is 5.69. The Hall–Kier alpha value is -0.450. The van der Waals surface area contributed by atoms with Crippen LogP contribution in [0, 0.1) is 5.92 Å². The number of benzene rings is 1. The number of hydrogen-bond donors (Lipinski definition) is 1. The van der Waals surface area contributed by atoms with Crippen molar-refractivity contribution in [3.63, 3.8) is 0 Å². The summed E-state index contributed by atoms with van der Waals surface area (Å²) >= 11 is 8.50.